The number of carbonyl (C=O) groups excluding carboxylic acids is 1. The second kappa shape index (κ2) is 5.75. The molecule has 3 N–H and O–H groups in total. The number of nitrogens with zero attached hydrogens (tertiary/aromatic N) is 3. The van der Waals surface area contributed by atoms with Crippen LogP contribution in [0.2, 0.25) is 0 Å². The Kier molecular flexibility index (Phi) is 4.06. The van der Waals surface area contributed by atoms with E-state index in [9.17, 15) is 4.79 Å². The molecule has 2 aromatic rings. The molecule has 2 aromatic heterocycles. The molecule has 1 amide bonds. The van der Waals surface area contributed by atoms with Gasteiger partial charge in [-0.1, -0.05) is 25.2 Å². The lowest BCUT2D eigenvalue weighted by atomic mass is 10.1. The van der Waals surface area contributed by atoms with Gasteiger partial charge in [-0.2, -0.15) is 0 Å². The minimum absolute atomic E-state index is 0.201. The summed E-state index contributed by atoms with van der Waals surface area (Å²) in [6.45, 7) is 4.21. The number of nitrogen functional groups attached to an aromatic ring is 1. The third-order valence-electron chi connectivity index (χ3n) is 2.35. The Balaban J connectivity index is 2.07. The highest BCUT2D eigenvalue weighted by Gasteiger charge is 2.13. The van der Waals surface area contributed by atoms with Gasteiger partial charge in [-0.25, -0.2) is 4.98 Å². The van der Waals surface area contributed by atoms with Crippen LogP contribution in [0.25, 0.3) is 0 Å². The number of hydrogen-bond donors (Lipinski definition) is 2. The maximum Gasteiger partial charge on any atom is 0.261 e. The van der Waals surface area contributed by atoms with Crippen LogP contribution < -0.4 is 11.1 Å². The van der Waals surface area contributed by atoms with Crippen LogP contribution in [0.15, 0.2) is 18.3 Å². The van der Waals surface area contributed by atoms with Crippen molar-refractivity contribution in [3.8, 4) is 0 Å². The molecule has 0 bridgehead atoms. The second-order valence-electron chi connectivity index (χ2n) is 4.49. The molecular weight excluding hydrogens is 262 g/mol. The Hall–Kier alpha value is -2.02. The molecule has 0 fully saturated rings. The van der Waals surface area contributed by atoms with Gasteiger partial charge in [0.25, 0.3) is 5.91 Å². The summed E-state index contributed by atoms with van der Waals surface area (Å²) in [6, 6.07) is 3.28. The number of rotatable bonds is 4. The number of nitrogens with two attached hydrogens (primary N) is 1. The number of aromatic nitrogens is 3. The van der Waals surface area contributed by atoms with Crippen LogP contribution in [0, 0.1) is 5.92 Å². The van der Waals surface area contributed by atoms with Gasteiger partial charge in [0, 0.05) is 12.6 Å². The quantitative estimate of drug-likeness (QED) is 0.891. The smallest absolute Gasteiger partial charge is 0.261 e. The number of anilines is 2. The zero-order valence-corrected chi connectivity index (χ0v) is 11.6. The van der Waals surface area contributed by atoms with Gasteiger partial charge in [-0.3, -0.25) is 10.1 Å². The average molecular weight is 277 g/mol. The van der Waals surface area contributed by atoms with Crippen molar-refractivity contribution in [2.45, 2.75) is 20.3 Å². The monoisotopic (exact) mass is 277 g/mol. The molecule has 100 valence electrons. The maximum absolute atomic E-state index is 12.0. The van der Waals surface area contributed by atoms with Crippen LogP contribution in [0.1, 0.15) is 29.2 Å². The van der Waals surface area contributed by atoms with E-state index < -0.39 is 0 Å². The fourth-order valence-corrected chi connectivity index (χ4v) is 2.46. The van der Waals surface area contributed by atoms with Gasteiger partial charge in [-0.05, 0) is 18.1 Å². The molecule has 0 aromatic carbocycles. The number of hydrogen-bond acceptors (Lipinski definition) is 6. The summed E-state index contributed by atoms with van der Waals surface area (Å²) in [5.74, 6) is 0.384. The SMILES string of the molecule is CC(C)Cc1nnc(NC(=O)c2cccnc2N)s1. The minimum atomic E-state index is -0.321. The van der Waals surface area contributed by atoms with Gasteiger partial charge in [0.1, 0.15) is 10.8 Å². The van der Waals surface area contributed by atoms with Crippen LogP contribution in [-0.4, -0.2) is 21.1 Å². The van der Waals surface area contributed by atoms with Gasteiger partial charge >= 0.3 is 0 Å². The normalized spacial score (nSPS) is 10.7. The lowest BCUT2D eigenvalue weighted by molar-refractivity contribution is 0.102. The van der Waals surface area contributed by atoms with Gasteiger partial charge < -0.3 is 5.73 Å². The van der Waals surface area contributed by atoms with Crippen molar-refractivity contribution in [1.29, 1.82) is 0 Å². The van der Waals surface area contributed by atoms with Gasteiger partial charge in [0.15, 0.2) is 0 Å². The van der Waals surface area contributed by atoms with Crippen molar-refractivity contribution in [3.63, 3.8) is 0 Å². The van der Waals surface area contributed by atoms with E-state index in [-0.39, 0.29) is 11.7 Å². The largest absolute Gasteiger partial charge is 0.383 e. The Morgan fingerprint density at radius 3 is 2.95 bits per heavy atom. The summed E-state index contributed by atoms with van der Waals surface area (Å²) >= 11 is 1.37. The topological polar surface area (TPSA) is 93.8 Å². The van der Waals surface area contributed by atoms with E-state index in [0.717, 1.165) is 11.4 Å². The first-order chi connectivity index (χ1) is 9.06. The summed E-state index contributed by atoms with van der Waals surface area (Å²) in [6.07, 6.45) is 2.39. The highest BCUT2D eigenvalue weighted by atomic mass is 32.1. The third-order valence-corrected chi connectivity index (χ3v) is 3.21. The summed E-state index contributed by atoms with van der Waals surface area (Å²) in [5, 5.41) is 12.0. The van der Waals surface area contributed by atoms with E-state index in [4.69, 9.17) is 5.73 Å². The fourth-order valence-electron chi connectivity index (χ4n) is 1.51. The Labute approximate surface area is 115 Å². The molecule has 19 heavy (non-hydrogen) atoms. The zero-order valence-electron chi connectivity index (χ0n) is 10.8. The van der Waals surface area contributed by atoms with Gasteiger partial charge in [0.05, 0.1) is 5.56 Å². The van der Waals surface area contributed by atoms with Crippen molar-refractivity contribution in [1.82, 2.24) is 15.2 Å². The van der Waals surface area contributed by atoms with Crippen LogP contribution in [0.4, 0.5) is 10.9 Å². The number of nitrogens with one attached hydrogen (secondary N) is 1. The lowest BCUT2D eigenvalue weighted by Gasteiger charge is -2.02. The van der Waals surface area contributed by atoms with E-state index in [1.165, 1.54) is 17.5 Å². The highest BCUT2D eigenvalue weighted by molar-refractivity contribution is 7.15. The van der Waals surface area contributed by atoms with Crippen LogP contribution in [0.3, 0.4) is 0 Å². The Bertz CT molecular complexity index is 581. The molecule has 0 unspecified atom stereocenters. The molecule has 0 atom stereocenters. The first-order valence-corrected chi connectivity index (χ1v) is 6.72. The molecule has 2 rings (SSSR count). The number of pyridine rings is 1. The van der Waals surface area contributed by atoms with Crippen molar-refractivity contribution in [2.24, 2.45) is 5.92 Å². The highest BCUT2D eigenvalue weighted by Crippen LogP contribution is 2.19. The minimum Gasteiger partial charge on any atom is -0.383 e. The van der Waals surface area contributed by atoms with E-state index in [1.807, 2.05) is 0 Å². The summed E-state index contributed by atoms with van der Waals surface area (Å²) in [4.78, 5) is 15.8. The molecule has 0 spiro atoms. The lowest BCUT2D eigenvalue weighted by Crippen LogP contribution is -2.14. The molecule has 0 aliphatic carbocycles. The standard InChI is InChI=1S/C12H15N5OS/c1-7(2)6-9-16-17-12(19-9)15-11(18)8-4-3-5-14-10(8)13/h3-5,7H,6H2,1-2H3,(H2,13,14)(H,15,17,18). The van der Waals surface area contributed by atoms with Gasteiger partial charge in [-0.15, -0.1) is 10.2 Å². The van der Waals surface area contributed by atoms with Crippen LogP contribution in [0.5, 0.6) is 0 Å². The zero-order chi connectivity index (χ0) is 13.8. The van der Waals surface area contributed by atoms with Crippen LogP contribution >= 0.6 is 11.3 Å². The first kappa shape index (κ1) is 13.4. The maximum atomic E-state index is 12.0. The van der Waals surface area contributed by atoms with Crippen LogP contribution in [-0.2, 0) is 6.42 Å². The first-order valence-electron chi connectivity index (χ1n) is 5.90. The molecule has 7 heteroatoms. The summed E-state index contributed by atoms with van der Waals surface area (Å²) in [7, 11) is 0. The molecule has 2 heterocycles. The Morgan fingerprint density at radius 1 is 1.47 bits per heavy atom. The summed E-state index contributed by atoms with van der Waals surface area (Å²) in [5.41, 5.74) is 5.98. The summed E-state index contributed by atoms with van der Waals surface area (Å²) < 4.78 is 0. The molecule has 0 radical (unpaired) electrons. The fraction of sp³-hybridized carbons (Fsp3) is 0.333. The Morgan fingerprint density at radius 2 is 2.26 bits per heavy atom. The van der Waals surface area contributed by atoms with Crippen molar-refractivity contribution >= 4 is 28.2 Å². The van der Waals surface area contributed by atoms with Crippen molar-refractivity contribution in [3.05, 3.63) is 28.9 Å². The molecule has 0 saturated carbocycles. The number of carbonyl (C=O) groups is 1. The predicted molar refractivity (Wildman–Crippen MR) is 75.1 cm³/mol. The molecule has 0 saturated heterocycles. The third kappa shape index (κ3) is 3.47. The second-order valence-corrected chi connectivity index (χ2v) is 5.55. The molecule has 6 nitrogen and oxygen atoms in total. The van der Waals surface area contributed by atoms with E-state index in [0.29, 0.717) is 16.6 Å². The number of amides is 1. The van der Waals surface area contributed by atoms with Gasteiger partial charge in [0.2, 0.25) is 5.13 Å². The average Bonchev–Trinajstić information content (AvgIpc) is 2.76. The van der Waals surface area contributed by atoms with E-state index in [1.54, 1.807) is 12.1 Å². The molecule has 0 aliphatic rings. The van der Waals surface area contributed by atoms with Crippen molar-refractivity contribution in [2.75, 3.05) is 11.1 Å². The molecular formula is C12H15N5OS. The van der Waals surface area contributed by atoms with E-state index in [2.05, 4.69) is 34.3 Å². The predicted octanol–water partition coefficient (Wildman–Crippen LogP) is 1.97. The van der Waals surface area contributed by atoms with Crippen molar-refractivity contribution < 1.29 is 4.79 Å². The van der Waals surface area contributed by atoms with E-state index >= 15 is 0 Å². The molecule has 0 aliphatic heterocycles.